The molecule has 1 N–H and O–H groups in total. The number of benzene rings is 2. The third-order valence-electron chi connectivity index (χ3n) is 5.91. The molecule has 0 radical (unpaired) electrons. The van der Waals surface area contributed by atoms with Gasteiger partial charge in [-0.25, -0.2) is 0 Å². The maximum absolute atomic E-state index is 13.0. The number of aromatic nitrogens is 1. The third-order valence-corrected chi connectivity index (χ3v) is 7.62. The Hall–Kier alpha value is -2.15. The minimum absolute atomic E-state index is 0.0252. The Kier molecular flexibility index (Phi) is 7.98. The van der Waals surface area contributed by atoms with Crippen LogP contribution >= 0.6 is 58.0 Å². The zero-order chi connectivity index (χ0) is 26.2. The van der Waals surface area contributed by atoms with E-state index in [0.717, 1.165) is 0 Å². The molecule has 186 valence electrons. The molecule has 0 spiro atoms. The van der Waals surface area contributed by atoms with Crippen LogP contribution in [0.15, 0.2) is 54.7 Å². The van der Waals surface area contributed by atoms with Crippen LogP contribution in [0, 0.1) is 5.92 Å². The first-order valence-corrected chi connectivity index (χ1v) is 12.9. The second-order valence-corrected chi connectivity index (χ2v) is 11.2. The van der Waals surface area contributed by atoms with Crippen molar-refractivity contribution >= 4 is 81.2 Å². The Bertz CT molecular complexity index is 1340. The van der Waals surface area contributed by atoms with Crippen molar-refractivity contribution in [3.63, 3.8) is 0 Å². The predicted octanol–water partition coefficient (Wildman–Crippen LogP) is 7.59. The minimum Gasteiger partial charge on any atom is -0.326 e. The molecule has 5 nitrogen and oxygen atoms in total. The Morgan fingerprint density at radius 2 is 1.64 bits per heavy atom. The smallest absolute Gasteiger partial charge is 0.231 e. The van der Waals surface area contributed by atoms with Crippen LogP contribution in [0.25, 0.3) is 0 Å². The maximum atomic E-state index is 13.0. The van der Waals surface area contributed by atoms with E-state index in [1.165, 1.54) is 18.3 Å². The normalized spacial score (nSPS) is 17.9. The fraction of sp³-hybridized carbons (Fsp3) is 0.231. The zero-order valence-electron chi connectivity index (χ0n) is 18.8. The lowest BCUT2D eigenvalue weighted by molar-refractivity contribution is -0.117. The molecule has 1 amide bonds. The van der Waals surface area contributed by atoms with Gasteiger partial charge < -0.3 is 5.32 Å². The second kappa shape index (κ2) is 10.7. The predicted molar refractivity (Wildman–Crippen MR) is 144 cm³/mol. The first-order chi connectivity index (χ1) is 17.0. The van der Waals surface area contributed by atoms with Gasteiger partial charge in [0, 0.05) is 46.3 Å². The molecule has 36 heavy (non-hydrogen) atoms. The molecule has 2 unspecified atom stereocenters. The van der Waals surface area contributed by atoms with E-state index < -0.39 is 22.1 Å². The number of Topliss-reactive ketones (excluding diaryl/α,β-unsaturated/α-hetero) is 2. The van der Waals surface area contributed by atoms with Crippen molar-refractivity contribution < 1.29 is 14.4 Å². The van der Waals surface area contributed by atoms with Crippen LogP contribution in [0.5, 0.6) is 0 Å². The molecule has 1 aliphatic rings. The highest BCUT2D eigenvalue weighted by atomic mass is 35.5. The number of anilines is 1. The molecule has 1 fully saturated rings. The van der Waals surface area contributed by atoms with Gasteiger partial charge >= 0.3 is 0 Å². The first kappa shape index (κ1) is 26.9. The largest absolute Gasteiger partial charge is 0.326 e. The van der Waals surface area contributed by atoms with E-state index in [4.69, 9.17) is 58.0 Å². The molecular weight excluding hydrogens is 566 g/mol. The highest BCUT2D eigenvalue weighted by Gasteiger charge is 2.67. The van der Waals surface area contributed by atoms with Crippen LogP contribution in [0.4, 0.5) is 5.69 Å². The number of pyridine rings is 1. The number of rotatable bonds is 8. The van der Waals surface area contributed by atoms with Crippen LogP contribution in [0.1, 0.15) is 51.2 Å². The Morgan fingerprint density at radius 3 is 2.25 bits per heavy atom. The van der Waals surface area contributed by atoms with Gasteiger partial charge in [-0.05, 0) is 53.6 Å². The number of alkyl halides is 2. The summed E-state index contributed by atoms with van der Waals surface area (Å²) in [6.07, 6.45) is 1.87. The summed E-state index contributed by atoms with van der Waals surface area (Å²) in [5.74, 6) is -2.01. The summed E-state index contributed by atoms with van der Waals surface area (Å²) in [4.78, 5) is 41.8. The molecule has 10 heteroatoms. The van der Waals surface area contributed by atoms with E-state index in [-0.39, 0.29) is 28.6 Å². The van der Waals surface area contributed by atoms with Gasteiger partial charge in [-0.1, -0.05) is 47.8 Å². The molecule has 1 aliphatic carbocycles. The lowest BCUT2D eigenvalue weighted by Crippen LogP contribution is -2.17. The fourth-order valence-electron chi connectivity index (χ4n) is 4.01. The summed E-state index contributed by atoms with van der Waals surface area (Å²) in [5.41, 5.74) is 2.25. The van der Waals surface area contributed by atoms with Crippen molar-refractivity contribution in [1.29, 1.82) is 0 Å². The quantitative estimate of drug-likeness (QED) is 0.219. The number of carbonyl (C=O) groups is 3. The number of hydrogen-bond donors (Lipinski definition) is 1. The van der Waals surface area contributed by atoms with Crippen molar-refractivity contribution in [1.82, 2.24) is 4.98 Å². The van der Waals surface area contributed by atoms with Crippen molar-refractivity contribution in [3.8, 4) is 0 Å². The molecule has 1 heterocycles. The molecule has 1 aromatic heterocycles. The average molecular weight is 585 g/mol. The van der Waals surface area contributed by atoms with Crippen LogP contribution < -0.4 is 5.32 Å². The second-order valence-electron chi connectivity index (χ2n) is 8.44. The zero-order valence-corrected chi connectivity index (χ0v) is 22.6. The third kappa shape index (κ3) is 5.71. The van der Waals surface area contributed by atoms with Gasteiger partial charge in [0.1, 0.15) is 10.0 Å². The monoisotopic (exact) mass is 582 g/mol. The fourth-order valence-corrected chi connectivity index (χ4v) is 5.61. The SMILES string of the molecule is CCC(=O)c1ccc(CC(=O)c2cc(NC(=O)C3C(c4cc(Cl)cc(Cl)c4)C3(Cl)Cl)ccc2Cl)cn1. The summed E-state index contributed by atoms with van der Waals surface area (Å²) >= 11 is 31.3. The van der Waals surface area contributed by atoms with Crippen molar-refractivity contribution in [2.24, 2.45) is 5.92 Å². The van der Waals surface area contributed by atoms with Gasteiger partial charge in [0.05, 0.1) is 10.9 Å². The summed E-state index contributed by atoms with van der Waals surface area (Å²) in [6, 6.07) is 12.8. The maximum Gasteiger partial charge on any atom is 0.231 e. The Morgan fingerprint density at radius 1 is 0.944 bits per heavy atom. The summed E-state index contributed by atoms with van der Waals surface area (Å²) in [5, 5.41) is 3.83. The highest BCUT2D eigenvalue weighted by molar-refractivity contribution is 6.53. The van der Waals surface area contributed by atoms with Crippen LogP contribution in [0.3, 0.4) is 0 Å². The van der Waals surface area contributed by atoms with Gasteiger partial charge in [0.15, 0.2) is 11.6 Å². The van der Waals surface area contributed by atoms with Crippen molar-refractivity contribution in [3.05, 3.63) is 92.2 Å². The molecule has 1 saturated carbocycles. The minimum atomic E-state index is -1.33. The number of hydrogen-bond acceptors (Lipinski definition) is 4. The van der Waals surface area contributed by atoms with E-state index in [1.54, 1.807) is 43.3 Å². The molecule has 2 aromatic carbocycles. The van der Waals surface area contributed by atoms with E-state index in [1.807, 2.05) is 0 Å². The number of nitrogens with one attached hydrogen (secondary N) is 1. The van der Waals surface area contributed by atoms with Gasteiger partial charge in [-0.15, -0.1) is 23.2 Å². The van der Waals surface area contributed by atoms with Crippen LogP contribution in [0.2, 0.25) is 15.1 Å². The lowest BCUT2D eigenvalue weighted by atomic mass is 10.0. The van der Waals surface area contributed by atoms with E-state index >= 15 is 0 Å². The molecule has 3 aromatic rings. The Labute approximate surface area is 233 Å². The highest BCUT2D eigenvalue weighted by Crippen LogP contribution is 2.65. The van der Waals surface area contributed by atoms with Gasteiger partial charge in [-0.3, -0.25) is 19.4 Å². The molecular formula is C26H19Cl5N2O3. The Balaban J connectivity index is 1.48. The van der Waals surface area contributed by atoms with Gasteiger partial charge in [-0.2, -0.15) is 0 Å². The van der Waals surface area contributed by atoms with Crippen LogP contribution in [-0.4, -0.2) is 26.8 Å². The lowest BCUT2D eigenvalue weighted by Gasteiger charge is -2.09. The van der Waals surface area contributed by atoms with E-state index in [0.29, 0.717) is 39.0 Å². The number of amides is 1. The first-order valence-electron chi connectivity index (χ1n) is 11.0. The standard InChI is InChI=1S/C26H19Cl5N2O3/c1-2-21(34)20-6-3-13(12-32-20)7-22(35)18-11-17(4-5-19(18)29)33-25(36)24-23(26(24,30)31)14-8-15(27)10-16(28)9-14/h3-6,8-12,23-24H,2,7H2,1H3,(H,33,36). The topological polar surface area (TPSA) is 76.1 Å². The van der Waals surface area contributed by atoms with Gasteiger partial charge in [0.2, 0.25) is 5.91 Å². The van der Waals surface area contributed by atoms with E-state index in [9.17, 15) is 14.4 Å². The van der Waals surface area contributed by atoms with Crippen molar-refractivity contribution in [2.45, 2.75) is 30.0 Å². The number of nitrogens with zero attached hydrogens (tertiary/aromatic N) is 1. The van der Waals surface area contributed by atoms with Crippen LogP contribution in [-0.2, 0) is 11.2 Å². The van der Waals surface area contributed by atoms with E-state index in [2.05, 4.69) is 10.3 Å². The van der Waals surface area contributed by atoms with Crippen molar-refractivity contribution in [2.75, 3.05) is 5.32 Å². The molecule has 2 atom stereocenters. The number of carbonyl (C=O) groups excluding carboxylic acids is 3. The summed E-state index contributed by atoms with van der Waals surface area (Å²) in [6.45, 7) is 1.76. The van der Waals surface area contributed by atoms with Gasteiger partial charge in [0.25, 0.3) is 0 Å². The molecule has 0 aliphatic heterocycles. The summed E-state index contributed by atoms with van der Waals surface area (Å²) in [7, 11) is 0. The molecule has 0 saturated heterocycles. The average Bonchev–Trinajstić information content (AvgIpc) is 3.41. The number of ketones is 2. The summed E-state index contributed by atoms with van der Waals surface area (Å²) < 4.78 is -1.33. The molecule has 0 bridgehead atoms. The molecule has 4 rings (SSSR count). The number of halogens is 5.